The molecule has 33 heavy (non-hydrogen) atoms. The van der Waals surface area contributed by atoms with Gasteiger partial charge in [0.2, 0.25) is 5.91 Å². The molecule has 5 nitrogen and oxygen atoms in total. The van der Waals surface area contributed by atoms with Gasteiger partial charge in [-0.3, -0.25) is 9.59 Å². The second-order valence-corrected chi connectivity index (χ2v) is 9.53. The molecule has 1 N–H and O–H groups in total. The van der Waals surface area contributed by atoms with E-state index >= 15 is 0 Å². The summed E-state index contributed by atoms with van der Waals surface area (Å²) < 4.78 is 5.93. The third kappa shape index (κ3) is 6.73. The zero-order valence-corrected chi connectivity index (χ0v) is 20.9. The Balaban J connectivity index is 1.76. The van der Waals surface area contributed by atoms with Crippen LogP contribution < -0.4 is 10.1 Å². The maximum absolute atomic E-state index is 13.3. The molecule has 0 heterocycles. The van der Waals surface area contributed by atoms with Gasteiger partial charge in [-0.1, -0.05) is 55.1 Å². The van der Waals surface area contributed by atoms with E-state index in [9.17, 15) is 9.59 Å². The third-order valence-electron chi connectivity index (χ3n) is 6.53. The number of benzene rings is 2. The van der Waals surface area contributed by atoms with E-state index in [1.807, 2.05) is 45.0 Å². The van der Waals surface area contributed by atoms with Crippen molar-refractivity contribution in [2.45, 2.75) is 78.4 Å². The second-order valence-electron chi connectivity index (χ2n) is 9.13. The van der Waals surface area contributed by atoms with E-state index in [4.69, 9.17) is 16.3 Å². The Morgan fingerprint density at radius 1 is 1.12 bits per heavy atom. The molecule has 0 bridgehead atoms. The number of carbonyl (C=O) groups excluding carboxylic acids is 2. The lowest BCUT2D eigenvalue weighted by atomic mass is 9.95. The predicted octanol–water partition coefficient (Wildman–Crippen LogP) is 5.51. The van der Waals surface area contributed by atoms with Gasteiger partial charge in [0, 0.05) is 17.6 Å². The predicted molar refractivity (Wildman–Crippen MR) is 133 cm³/mol. The minimum atomic E-state index is -0.639. The SMILES string of the molecule is Cc1cc(C)c(C)c(OCC(=O)N(Cc2ccccc2Cl)[C@H](C)C(=O)NC2CCCCC2)c1. The van der Waals surface area contributed by atoms with Crippen LogP contribution >= 0.6 is 11.6 Å². The zero-order chi connectivity index (χ0) is 24.0. The number of nitrogens with one attached hydrogen (secondary N) is 1. The summed E-state index contributed by atoms with van der Waals surface area (Å²) >= 11 is 6.37. The summed E-state index contributed by atoms with van der Waals surface area (Å²) in [4.78, 5) is 28.0. The third-order valence-corrected chi connectivity index (χ3v) is 6.90. The lowest BCUT2D eigenvalue weighted by Crippen LogP contribution is -2.51. The molecule has 0 spiro atoms. The second kappa shape index (κ2) is 11.6. The molecule has 1 aliphatic rings. The van der Waals surface area contributed by atoms with E-state index in [0.29, 0.717) is 10.8 Å². The van der Waals surface area contributed by atoms with Crippen LogP contribution in [0.25, 0.3) is 0 Å². The van der Waals surface area contributed by atoms with Gasteiger partial charge in [0.15, 0.2) is 6.61 Å². The zero-order valence-electron chi connectivity index (χ0n) is 20.1. The molecule has 0 radical (unpaired) electrons. The maximum atomic E-state index is 13.3. The first-order valence-electron chi connectivity index (χ1n) is 11.8. The Labute approximate surface area is 202 Å². The summed E-state index contributed by atoms with van der Waals surface area (Å²) in [5, 5.41) is 3.72. The van der Waals surface area contributed by atoms with E-state index in [2.05, 4.69) is 11.4 Å². The first kappa shape index (κ1) is 25.1. The lowest BCUT2D eigenvalue weighted by molar-refractivity contribution is -0.142. The molecule has 2 aromatic carbocycles. The van der Waals surface area contributed by atoms with Crippen LogP contribution in [-0.4, -0.2) is 35.4 Å². The van der Waals surface area contributed by atoms with E-state index in [1.54, 1.807) is 17.9 Å². The molecule has 2 aromatic rings. The lowest BCUT2D eigenvalue weighted by Gasteiger charge is -2.31. The van der Waals surface area contributed by atoms with Crippen LogP contribution in [0.3, 0.4) is 0 Å². The topological polar surface area (TPSA) is 58.6 Å². The molecule has 0 unspecified atom stereocenters. The van der Waals surface area contributed by atoms with Gasteiger partial charge in [0.05, 0.1) is 0 Å². The van der Waals surface area contributed by atoms with E-state index in [1.165, 1.54) is 6.42 Å². The molecule has 1 fully saturated rings. The van der Waals surface area contributed by atoms with Crippen molar-refractivity contribution in [2.24, 2.45) is 0 Å². The summed E-state index contributed by atoms with van der Waals surface area (Å²) in [6, 6.07) is 11.0. The number of ether oxygens (including phenoxy) is 1. The summed E-state index contributed by atoms with van der Waals surface area (Å²) in [6.07, 6.45) is 5.46. The van der Waals surface area contributed by atoms with Crippen molar-refractivity contribution < 1.29 is 14.3 Å². The van der Waals surface area contributed by atoms with Crippen molar-refractivity contribution in [2.75, 3.05) is 6.61 Å². The number of amides is 2. The van der Waals surface area contributed by atoms with Crippen molar-refractivity contribution in [1.82, 2.24) is 10.2 Å². The number of nitrogens with zero attached hydrogens (tertiary/aromatic N) is 1. The van der Waals surface area contributed by atoms with Crippen molar-refractivity contribution in [1.29, 1.82) is 0 Å². The fourth-order valence-electron chi connectivity index (χ4n) is 4.33. The number of rotatable bonds is 8. The smallest absolute Gasteiger partial charge is 0.261 e. The molecule has 1 saturated carbocycles. The Morgan fingerprint density at radius 2 is 1.82 bits per heavy atom. The number of hydrogen-bond acceptors (Lipinski definition) is 3. The molecular formula is C27H35ClN2O3. The summed E-state index contributed by atoms with van der Waals surface area (Å²) in [6.45, 7) is 7.88. The van der Waals surface area contributed by atoms with Gasteiger partial charge in [-0.05, 0) is 74.9 Å². The highest BCUT2D eigenvalue weighted by Crippen LogP contribution is 2.24. The minimum absolute atomic E-state index is 0.134. The minimum Gasteiger partial charge on any atom is -0.483 e. The molecule has 0 saturated heterocycles. The van der Waals surface area contributed by atoms with Gasteiger partial charge in [-0.15, -0.1) is 0 Å². The molecular weight excluding hydrogens is 436 g/mol. The molecule has 178 valence electrons. The monoisotopic (exact) mass is 470 g/mol. The van der Waals surface area contributed by atoms with Crippen molar-refractivity contribution in [3.8, 4) is 5.75 Å². The number of carbonyl (C=O) groups is 2. The first-order chi connectivity index (χ1) is 15.8. The maximum Gasteiger partial charge on any atom is 0.261 e. The van der Waals surface area contributed by atoms with E-state index < -0.39 is 6.04 Å². The molecule has 0 aliphatic heterocycles. The molecule has 1 aliphatic carbocycles. The van der Waals surface area contributed by atoms with Crippen molar-refractivity contribution in [3.05, 3.63) is 63.7 Å². The van der Waals surface area contributed by atoms with Crippen LogP contribution in [0.15, 0.2) is 36.4 Å². The molecule has 6 heteroatoms. The van der Waals surface area contributed by atoms with Gasteiger partial charge < -0.3 is 15.0 Å². The summed E-state index contributed by atoms with van der Waals surface area (Å²) in [7, 11) is 0. The average Bonchev–Trinajstić information content (AvgIpc) is 2.80. The standard InChI is InChI=1S/C27H35ClN2O3/c1-18-14-19(2)20(3)25(15-18)33-17-26(31)30(16-22-10-8-9-13-24(22)28)21(4)27(32)29-23-11-6-5-7-12-23/h8-10,13-15,21,23H,5-7,11-12,16-17H2,1-4H3,(H,29,32)/t21-/m1/s1. The Morgan fingerprint density at radius 3 is 2.52 bits per heavy atom. The number of hydrogen-bond donors (Lipinski definition) is 1. The largest absolute Gasteiger partial charge is 0.483 e. The quantitative estimate of drug-likeness (QED) is 0.553. The molecule has 2 amide bonds. The average molecular weight is 471 g/mol. The molecule has 3 rings (SSSR count). The van der Waals surface area contributed by atoms with Crippen LogP contribution in [0.2, 0.25) is 5.02 Å². The Bertz CT molecular complexity index is 985. The van der Waals surface area contributed by atoms with Crippen LogP contribution in [0, 0.1) is 20.8 Å². The molecule has 1 atom stereocenters. The highest BCUT2D eigenvalue weighted by atomic mass is 35.5. The van der Waals surface area contributed by atoms with Crippen LogP contribution in [0.5, 0.6) is 5.75 Å². The normalized spacial score (nSPS) is 15.1. The van der Waals surface area contributed by atoms with Crippen LogP contribution in [0.4, 0.5) is 0 Å². The van der Waals surface area contributed by atoms with Crippen LogP contribution in [0.1, 0.15) is 61.3 Å². The highest BCUT2D eigenvalue weighted by molar-refractivity contribution is 6.31. The van der Waals surface area contributed by atoms with Gasteiger partial charge in [0.1, 0.15) is 11.8 Å². The van der Waals surface area contributed by atoms with Crippen LogP contribution in [-0.2, 0) is 16.1 Å². The molecule has 0 aromatic heterocycles. The first-order valence-corrected chi connectivity index (χ1v) is 12.2. The van der Waals surface area contributed by atoms with Gasteiger partial charge in [0.25, 0.3) is 5.91 Å². The van der Waals surface area contributed by atoms with Crippen molar-refractivity contribution >= 4 is 23.4 Å². The fourth-order valence-corrected chi connectivity index (χ4v) is 4.53. The van der Waals surface area contributed by atoms with E-state index in [-0.39, 0.29) is 31.0 Å². The number of halogens is 1. The summed E-state index contributed by atoms with van der Waals surface area (Å²) in [5.74, 6) is 0.308. The van der Waals surface area contributed by atoms with Gasteiger partial charge in [-0.2, -0.15) is 0 Å². The van der Waals surface area contributed by atoms with Gasteiger partial charge in [-0.25, -0.2) is 0 Å². The van der Waals surface area contributed by atoms with Crippen molar-refractivity contribution in [3.63, 3.8) is 0 Å². The fraction of sp³-hybridized carbons (Fsp3) is 0.481. The number of aryl methyl sites for hydroxylation is 2. The highest BCUT2D eigenvalue weighted by Gasteiger charge is 2.29. The van der Waals surface area contributed by atoms with Gasteiger partial charge >= 0.3 is 0 Å². The summed E-state index contributed by atoms with van der Waals surface area (Å²) in [5.41, 5.74) is 4.00. The Kier molecular flexibility index (Phi) is 8.79. The Hall–Kier alpha value is -2.53. The van der Waals surface area contributed by atoms with E-state index in [0.717, 1.165) is 47.9 Å².